The fourth-order valence-corrected chi connectivity index (χ4v) is 4.37. The van der Waals surface area contributed by atoms with Gasteiger partial charge in [-0.15, -0.1) is 0 Å². The molecule has 1 heterocycles. The van der Waals surface area contributed by atoms with Gasteiger partial charge in [0.1, 0.15) is 6.04 Å². The average molecular weight is 331 g/mol. The van der Waals surface area contributed by atoms with E-state index in [2.05, 4.69) is 0 Å². The molecule has 1 atom stereocenters. The third-order valence-corrected chi connectivity index (χ3v) is 5.99. The summed E-state index contributed by atoms with van der Waals surface area (Å²) in [7, 11) is -3.86. The van der Waals surface area contributed by atoms with E-state index in [4.69, 9.17) is 0 Å². The number of benzene rings is 2. The molecule has 0 fully saturated rings. The van der Waals surface area contributed by atoms with Gasteiger partial charge in [0.25, 0.3) is 0 Å². The van der Waals surface area contributed by atoms with Gasteiger partial charge >= 0.3 is 5.97 Å². The van der Waals surface area contributed by atoms with Crippen LogP contribution in [0.15, 0.2) is 53.4 Å². The number of carboxylic acids is 1. The van der Waals surface area contributed by atoms with Crippen LogP contribution in [-0.4, -0.2) is 29.8 Å². The molecule has 0 amide bonds. The Bertz CT molecular complexity index is 843. The van der Waals surface area contributed by atoms with Gasteiger partial charge in [0.15, 0.2) is 0 Å². The highest BCUT2D eigenvalue weighted by atomic mass is 32.2. The minimum atomic E-state index is -3.86. The fraction of sp³-hybridized carbons (Fsp3) is 0.235. The summed E-state index contributed by atoms with van der Waals surface area (Å²) < 4.78 is 26.9. The summed E-state index contributed by atoms with van der Waals surface area (Å²) in [5.74, 6) is -1.13. The highest BCUT2D eigenvalue weighted by molar-refractivity contribution is 7.89. The lowest BCUT2D eigenvalue weighted by atomic mass is 9.96. The second-order valence-electron chi connectivity index (χ2n) is 5.69. The quantitative estimate of drug-likeness (QED) is 0.935. The van der Waals surface area contributed by atoms with E-state index in [0.717, 1.165) is 21.0 Å². The monoisotopic (exact) mass is 331 g/mol. The molecule has 0 unspecified atom stereocenters. The lowest BCUT2D eigenvalue weighted by Gasteiger charge is -2.33. The molecular weight excluding hydrogens is 314 g/mol. The first kappa shape index (κ1) is 15.7. The predicted octanol–water partition coefficient (Wildman–Crippen LogP) is 2.20. The Kier molecular flexibility index (Phi) is 3.95. The van der Waals surface area contributed by atoms with E-state index in [1.807, 2.05) is 31.2 Å². The molecule has 0 spiro atoms. The number of hydrogen-bond acceptors (Lipinski definition) is 3. The molecule has 2 aromatic carbocycles. The summed E-state index contributed by atoms with van der Waals surface area (Å²) >= 11 is 0. The lowest BCUT2D eigenvalue weighted by Crippen LogP contribution is -2.48. The number of rotatable bonds is 3. The summed E-state index contributed by atoms with van der Waals surface area (Å²) in [5.41, 5.74) is 2.68. The van der Waals surface area contributed by atoms with Crippen LogP contribution in [0.25, 0.3) is 0 Å². The molecule has 0 bridgehead atoms. The second-order valence-corrected chi connectivity index (χ2v) is 7.58. The van der Waals surface area contributed by atoms with Gasteiger partial charge in [-0.05, 0) is 30.2 Å². The van der Waals surface area contributed by atoms with Crippen molar-refractivity contribution in [3.05, 3.63) is 65.2 Å². The van der Waals surface area contributed by atoms with E-state index in [1.165, 1.54) is 12.1 Å². The average Bonchev–Trinajstić information content (AvgIpc) is 2.54. The lowest BCUT2D eigenvalue weighted by molar-refractivity contribution is -0.141. The zero-order valence-electron chi connectivity index (χ0n) is 12.6. The van der Waals surface area contributed by atoms with Crippen LogP contribution < -0.4 is 0 Å². The Balaban J connectivity index is 2.05. The molecule has 120 valence electrons. The van der Waals surface area contributed by atoms with Gasteiger partial charge < -0.3 is 5.11 Å². The van der Waals surface area contributed by atoms with Crippen molar-refractivity contribution in [2.75, 3.05) is 0 Å². The molecule has 0 saturated heterocycles. The van der Waals surface area contributed by atoms with Crippen LogP contribution in [0, 0.1) is 6.92 Å². The first-order chi connectivity index (χ1) is 10.9. The molecule has 23 heavy (non-hydrogen) atoms. The van der Waals surface area contributed by atoms with Gasteiger partial charge in [-0.2, -0.15) is 4.31 Å². The van der Waals surface area contributed by atoms with Crippen LogP contribution in [-0.2, 0) is 27.8 Å². The standard InChI is InChI=1S/C17H17NO4S/c1-12-6-8-15(9-7-12)23(21,22)18-11-14-5-3-2-4-13(14)10-16(18)17(19)20/h2-9,16H,10-11H2,1H3,(H,19,20)/t16-/m1/s1. The van der Waals surface area contributed by atoms with E-state index >= 15 is 0 Å². The summed E-state index contributed by atoms with van der Waals surface area (Å²) in [6.07, 6.45) is 0.177. The second kappa shape index (κ2) is 5.79. The Morgan fingerprint density at radius 2 is 1.70 bits per heavy atom. The van der Waals surface area contributed by atoms with Crippen molar-refractivity contribution in [1.82, 2.24) is 4.31 Å². The van der Waals surface area contributed by atoms with Crippen LogP contribution >= 0.6 is 0 Å². The minimum absolute atomic E-state index is 0.0728. The number of carboxylic acid groups (broad SMARTS) is 1. The van der Waals surface area contributed by atoms with Gasteiger partial charge in [0.05, 0.1) is 4.90 Å². The predicted molar refractivity (Wildman–Crippen MR) is 85.5 cm³/mol. The smallest absolute Gasteiger partial charge is 0.322 e. The van der Waals surface area contributed by atoms with Crippen molar-refractivity contribution in [1.29, 1.82) is 0 Å². The van der Waals surface area contributed by atoms with Crippen molar-refractivity contribution in [2.24, 2.45) is 0 Å². The number of fused-ring (bicyclic) bond motifs is 1. The third-order valence-electron chi connectivity index (χ3n) is 4.12. The third kappa shape index (κ3) is 2.87. The fourth-order valence-electron chi connectivity index (χ4n) is 2.81. The molecule has 1 N–H and O–H groups in total. The molecule has 3 rings (SSSR count). The highest BCUT2D eigenvalue weighted by Gasteiger charge is 2.39. The van der Waals surface area contributed by atoms with E-state index in [-0.39, 0.29) is 17.9 Å². The maximum absolute atomic E-state index is 12.9. The molecule has 0 aliphatic carbocycles. The van der Waals surface area contributed by atoms with Gasteiger partial charge in [-0.3, -0.25) is 4.79 Å². The summed E-state index contributed by atoms with van der Waals surface area (Å²) in [6.45, 7) is 1.94. The zero-order chi connectivity index (χ0) is 16.6. The van der Waals surface area contributed by atoms with E-state index in [0.29, 0.717) is 0 Å². The van der Waals surface area contributed by atoms with Crippen LogP contribution in [0.2, 0.25) is 0 Å². The van der Waals surface area contributed by atoms with Crippen LogP contribution in [0.3, 0.4) is 0 Å². The summed E-state index contributed by atoms with van der Waals surface area (Å²) in [6, 6.07) is 12.7. The Labute approximate surface area is 135 Å². The summed E-state index contributed by atoms with van der Waals surface area (Å²) in [5, 5.41) is 9.48. The molecular formula is C17H17NO4S. The maximum atomic E-state index is 12.9. The number of sulfonamides is 1. The van der Waals surface area contributed by atoms with Crippen LogP contribution in [0.5, 0.6) is 0 Å². The number of hydrogen-bond donors (Lipinski definition) is 1. The number of aliphatic carboxylic acids is 1. The molecule has 6 heteroatoms. The SMILES string of the molecule is Cc1ccc(S(=O)(=O)N2Cc3ccccc3C[C@@H]2C(=O)O)cc1. The Morgan fingerprint density at radius 1 is 1.09 bits per heavy atom. The van der Waals surface area contributed by atoms with Crippen LogP contribution in [0.1, 0.15) is 16.7 Å². The van der Waals surface area contributed by atoms with Crippen LogP contribution in [0.4, 0.5) is 0 Å². The normalized spacial score (nSPS) is 18.4. The first-order valence-corrected chi connectivity index (χ1v) is 8.72. The number of aryl methyl sites for hydroxylation is 1. The van der Waals surface area contributed by atoms with Gasteiger partial charge in [-0.25, -0.2) is 8.42 Å². The van der Waals surface area contributed by atoms with E-state index < -0.39 is 22.0 Å². The minimum Gasteiger partial charge on any atom is -0.480 e. The zero-order valence-corrected chi connectivity index (χ0v) is 13.5. The van der Waals surface area contributed by atoms with E-state index in [1.54, 1.807) is 12.1 Å². The molecule has 5 nitrogen and oxygen atoms in total. The molecule has 1 aliphatic heterocycles. The van der Waals surface area contributed by atoms with Gasteiger partial charge in [0, 0.05) is 13.0 Å². The number of carbonyl (C=O) groups is 1. The molecule has 2 aromatic rings. The van der Waals surface area contributed by atoms with Crippen molar-refractivity contribution in [3.63, 3.8) is 0 Å². The van der Waals surface area contributed by atoms with E-state index in [9.17, 15) is 18.3 Å². The van der Waals surface area contributed by atoms with Crippen molar-refractivity contribution in [3.8, 4) is 0 Å². The van der Waals surface area contributed by atoms with Crippen molar-refractivity contribution >= 4 is 16.0 Å². The molecule has 0 radical (unpaired) electrons. The highest BCUT2D eigenvalue weighted by Crippen LogP contribution is 2.29. The summed E-state index contributed by atoms with van der Waals surface area (Å²) in [4.78, 5) is 11.7. The number of nitrogens with zero attached hydrogens (tertiary/aromatic N) is 1. The van der Waals surface area contributed by atoms with Crippen molar-refractivity contribution in [2.45, 2.75) is 30.8 Å². The Morgan fingerprint density at radius 3 is 2.30 bits per heavy atom. The maximum Gasteiger partial charge on any atom is 0.322 e. The van der Waals surface area contributed by atoms with Gasteiger partial charge in [0.2, 0.25) is 10.0 Å². The first-order valence-electron chi connectivity index (χ1n) is 7.27. The Hall–Kier alpha value is -2.18. The molecule has 0 saturated carbocycles. The molecule has 1 aliphatic rings. The topological polar surface area (TPSA) is 74.7 Å². The van der Waals surface area contributed by atoms with Crippen molar-refractivity contribution < 1.29 is 18.3 Å². The largest absolute Gasteiger partial charge is 0.480 e. The van der Waals surface area contributed by atoms with Gasteiger partial charge in [-0.1, -0.05) is 42.0 Å². The molecule has 0 aromatic heterocycles.